The van der Waals surface area contributed by atoms with Crippen molar-refractivity contribution in [2.45, 2.75) is 0 Å². The number of ether oxygens (including phenoxy) is 2. The van der Waals surface area contributed by atoms with E-state index >= 15 is 0 Å². The van der Waals surface area contributed by atoms with Crippen molar-refractivity contribution in [1.29, 1.82) is 0 Å². The summed E-state index contributed by atoms with van der Waals surface area (Å²) in [5.41, 5.74) is 1.01. The molecule has 23 heavy (non-hydrogen) atoms. The third-order valence-electron chi connectivity index (χ3n) is 3.37. The standard InChI is InChI=1S/C18H15NO4/c1-21-15-10-13-14(11-16(15)22-2)19-17(23-18(13)20)9-8-12-6-4-3-5-7-12/h3-11H,1-2H3. The molecule has 1 heterocycles. The van der Waals surface area contributed by atoms with Crippen LogP contribution in [0, 0.1) is 0 Å². The lowest BCUT2D eigenvalue weighted by atomic mass is 10.2. The lowest BCUT2D eigenvalue weighted by molar-refractivity contribution is 0.355. The smallest absolute Gasteiger partial charge is 0.347 e. The molecule has 0 spiro atoms. The molecular formula is C18H15NO4. The summed E-state index contributed by atoms with van der Waals surface area (Å²) in [4.78, 5) is 16.5. The van der Waals surface area contributed by atoms with Gasteiger partial charge in [0.05, 0.1) is 25.1 Å². The van der Waals surface area contributed by atoms with Crippen molar-refractivity contribution in [3.05, 3.63) is 64.3 Å². The Kier molecular flexibility index (Phi) is 4.10. The number of fused-ring (bicyclic) bond motifs is 1. The van der Waals surface area contributed by atoms with E-state index in [9.17, 15) is 4.79 Å². The van der Waals surface area contributed by atoms with Gasteiger partial charge in [-0.15, -0.1) is 0 Å². The first-order valence-corrected chi connectivity index (χ1v) is 7.01. The Bertz CT molecular complexity index is 913. The Morgan fingerprint density at radius 1 is 1.00 bits per heavy atom. The zero-order valence-corrected chi connectivity index (χ0v) is 12.8. The third-order valence-corrected chi connectivity index (χ3v) is 3.37. The highest BCUT2D eigenvalue weighted by molar-refractivity contribution is 5.82. The summed E-state index contributed by atoms with van der Waals surface area (Å²) >= 11 is 0. The van der Waals surface area contributed by atoms with Gasteiger partial charge in [0.1, 0.15) is 0 Å². The van der Waals surface area contributed by atoms with Gasteiger partial charge in [0.2, 0.25) is 5.89 Å². The van der Waals surface area contributed by atoms with Gasteiger partial charge in [-0.25, -0.2) is 9.78 Å². The number of benzene rings is 2. The number of hydrogen-bond acceptors (Lipinski definition) is 5. The molecule has 0 bridgehead atoms. The fourth-order valence-electron chi connectivity index (χ4n) is 2.22. The van der Waals surface area contributed by atoms with Crippen LogP contribution in [-0.2, 0) is 0 Å². The average molecular weight is 309 g/mol. The second-order valence-electron chi connectivity index (χ2n) is 4.81. The molecule has 0 aliphatic heterocycles. The molecule has 0 unspecified atom stereocenters. The maximum Gasteiger partial charge on any atom is 0.347 e. The molecule has 0 fully saturated rings. The van der Waals surface area contributed by atoms with Crippen molar-refractivity contribution in [3.63, 3.8) is 0 Å². The lowest BCUT2D eigenvalue weighted by Gasteiger charge is -2.08. The van der Waals surface area contributed by atoms with Crippen LogP contribution in [0.5, 0.6) is 11.5 Å². The highest BCUT2D eigenvalue weighted by Gasteiger charge is 2.11. The molecule has 2 aromatic carbocycles. The van der Waals surface area contributed by atoms with Crippen LogP contribution in [0.1, 0.15) is 11.5 Å². The molecule has 3 rings (SSSR count). The van der Waals surface area contributed by atoms with Crippen molar-refractivity contribution in [2.24, 2.45) is 0 Å². The van der Waals surface area contributed by atoms with E-state index in [-0.39, 0.29) is 5.89 Å². The highest BCUT2D eigenvalue weighted by atomic mass is 16.5. The van der Waals surface area contributed by atoms with Gasteiger partial charge in [-0.05, 0) is 11.6 Å². The number of aromatic nitrogens is 1. The molecular weight excluding hydrogens is 294 g/mol. The number of rotatable bonds is 4. The van der Waals surface area contributed by atoms with Gasteiger partial charge >= 0.3 is 5.63 Å². The summed E-state index contributed by atoms with van der Waals surface area (Å²) < 4.78 is 15.7. The van der Waals surface area contributed by atoms with Crippen molar-refractivity contribution in [3.8, 4) is 11.5 Å². The van der Waals surface area contributed by atoms with Crippen LogP contribution >= 0.6 is 0 Å². The number of hydrogen-bond donors (Lipinski definition) is 0. The van der Waals surface area contributed by atoms with Gasteiger partial charge in [-0.1, -0.05) is 30.3 Å². The quantitative estimate of drug-likeness (QED) is 0.739. The molecule has 0 saturated carbocycles. The number of nitrogens with zero attached hydrogens (tertiary/aromatic N) is 1. The van der Waals surface area contributed by atoms with Gasteiger partial charge in [0, 0.05) is 18.2 Å². The van der Waals surface area contributed by atoms with Crippen LogP contribution in [0.2, 0.25) is 0 Å². The van der Waals surface area contributed by atoms with Gasteiger partial charge in [-0.2, -0.15) is 0 Å². The lowest BCUT2D eigenvalue weighted by Crippen LogP contribution is -2.04. The van der Waals surface area contributed by atoms with Crippen molar-refractivity contribution >= 4 is 23.1 Å². The second kappa shape index (κ2) is 6.36. The molecule has 0 N–H and O–H groups in total. The van der Waals surface area contributed by atoms with Crippen LogP contribution in [0.3, 0.4) is 0 Å². The Morgan fingerprint density at radius 2 is 1.70 bits per heavy atom. The van der Waals surface area contributed by atoms with Gasteiger partial charge in [0.15, 0.2) is 11.5 Å². The first kappa shape index (κ1) is 14.8. The predicted molar refractivity (Wildman–Crippen MR) is 88.8 cm³/mol. The van der Waals surface area contributed by atoms with Crippen LogP contribution in [0.15, 0.2) is 51.7 Å². The van der Waals surface area contributed by atoms with Crippen LogP contribution in [0.4, 0.5) is 0 Å². The van der Waals surface area contributed by atoms with E-state index in [4.69, 9.17) is 13.9 Å². The van der Waals surface area contributed by atoms with E-state index < -0.39 is 5.63 Å². The fourth-order valence-corrected chi connectivity index (χ4v) is 2.22. The molecule has 0 amide bonds. The minimum Gasteiger partial charge on any atom is -0.493 e. The Morgan fingerprint density at radius 3 is 2.39 bits per heavy atom. The van der Waals surface area contributed by atoms with Crippen LogP contribution < -0.4 is 15.1 Å². The van der Waals surface area contributed by atoms with Crippen molar-refractivity contribution in [2.75, 3.05) is 14.2 Å². The third kappa shape index (κ3) is 3.08. The first-order valence-electron chi connectivity index (χ1n) is 7.01. The predicted octanol–water partition coefficient (Wildman–Crippen LogP) is 3.38. The molecule has 116 valence electrons. The molecule has 0 saturated heterocycles. The molecule has 3 aromatic rings. The van der Waals surface area contributed by atoms with Crippen molar-refractivity contribution in [1.82, 2.24) is 4.98 Å². The van der Waals surface area contributed by atoms with Gasteiger partial charge in [-0.3, -0.25) is 0 Å². The molecule has 0 aliphatic carbocycles. The average Bonchev–Trinajstić information content (AvgIpc) is 2.59. The van der Waals surface area contributed by atoms with E-state index in [0.29, 0.717) is 22.4 Å². The SMILES string of the molecule is COc1cc2nc(C=Cc3ccccc3)oc(=O)c2cc1OC. The summed E-state index contributed by atoms with van der Waals surface area (Å²) in [6.07, 6.45) is 3.49. The van der Waals surface area contributed by atoms with E-state index in [1.807, 2.05) is 36.4 Å². The van der Waals surface area contributed by atoms with Crippen molar-refractivity contribution < 1.29 is 13.9 Å². The highest BCUT2D eigenvalue weighted by Crippen LogP contribution is 2.30. The summed E-state index contributed by atoms with van der Waals surface area (Å²) in [7, 11) is 3.04. The zero-order chi connectivity index (χ0) is 16.2. The number of methoxy groups -OCH3 is 2. The minimum absolute atomic E-state index is 0.235. The zero-order valence-electron chi connectivity index (χ0n) is 12.8. The summed E-state index contributed by atoms with van der Waals surface area (Å²) in [5, 5.41) is 0.347. The summed E-state index contributed by atoms with van der Waals surface area (Å²) in [6, 6.07) is 12.9. The Hall–Kier alpha value is -3.08. The second-order valence-corrected chi connectivity index (χ2v) is 4.81. The van der Waals surface area contributed by atoms with Crippen LogP contribution in [0.25, 0.3) is 23.1 Å². The molecule has 5 nitrogen and oxygen atoms in total. The topological polar surface area (TPSA) is 61.6 Å². The Balaban J connectivity index is 2.07. The minimum atomic E-state index is -0.469. The largest absolute Gasteiger partial charge is 0.493 e. The maximum absolute atomic E-state index is 12.1. The van der Waals surface area contributed by atoms with E-state index in [1.54, 1.807) is 18.2 Å². The van der Waals surface area contributed by atoms with E-state index in [0.717, 1.165) is 5.56 Å². The molecule has 0 aliphatic rings. The van der Waals surface area contributed by atoms with Gasteiger partial charge in [0.25, 0.3) is 0 Å². The molecule has 1 aromatic heterocycles. The summed E-state index contributed by atoms with van der Waals surface area (Å²) in [6.45, 7) is 0. The molecule has 0 atom stereocenters. The first-order chi connectivity index (χ1) is 11.2. The summed E-state index contributed by atoms with van der Waals surface area (Å²) in [5.74, 6) is 1.20. The Labute approximate surface area is 132 Å². The molecule has 5 heteroatoms. The normalized spacial score (nSPS) is 11.0. The monoisotopic (exact) mass is 309 g/mol. The maximum atomic E-state index is 12.1. The van der Waals surface area contributed by atoms with E-state index in [1.165, 1.54) is 14.2 Å². The fraction of sp³-hybridized carbons (Fsp3) is 0.111. The van der Waals surface area contributed by atoms with Gasteiger partial charge < -0.3 is 13.9 Å². The van der Waals surface area contributed by atoms with E-state index in [2.05, 4.69) is 4.98 Å². The molecule has 0 radical (unpaired) electrons. The van der Waals surface area contributed by atoms with Crippen LogP contribution in [-0.4, -0.2) is 19.2 Å².